The van der Waals surface area contributed by atoms with Gasteiger partial charge in [-0.2, -0.15) is 0 Å². The van der Waals surface area contributed by atoms with Crippen LogP contribution >= 0.6 is 39.1 Å². The zero-order valence-electron chi connectivity index (χ0n) is 11.6. The Hall–Kier alpha value is -0.740. The second kappa shape index (κ2) is 7.50. The van der Waals surface area contributed by atoms with Gasteiger partial charge in [0.2, 0.25) is 0 Å². The summed E-state index contributed by atoms with van der Waals surface area (Å²) in [5.41, 5.74) is 7.14. The molecule has 112 valence electrons. The van der Waals surface area contributed by atoms with Gasteiger partial charge < -0.3 is 10.5 Å². The molecule has 0 amide bonds. The fourth-order valence-electron chi connectivity index (χ4n) is 1.88. The first-order chi connectivity index (χ1) is 10.0. The standard InChI is InChI=1S/C16H16BrCl2NO/c1-2-11(20)8-10-6-7-14(12(17)9-10)21-15-5-3-4-13(18)16(15)19/h3-7,9,11H,2,8,20H2,1H3. The van der Waals surface area contributed by atoms with Crippen LogP contribution in [0, 0.1) is 0 Å². The van der Waals surface area contributed by atoms with Crippen LogP contribution in [-0.2, 0) is 6.42 Å². The molecule has 0 heterocycles. The van der Waals surface area contributed by atoms with Gasteiger partial charge >= 0.3 is 0 Å². The van der Waals surface area contributed by atoms with Crippen LogP contribution in [0.3, 0.4) is 0 Å². The Labute approximate surface area is 143 Å². The highest BCUT2D eigenvalue weighted by atomic mass is 79.9. The molecule has 0 aliphatic carbocycles. The molecule has 1 unspecified atom stereocenters. The molecule has 0 saturated carbocycles. The fourth-order valence-corrected chi connectivity index (χ4v) is 2.72. The Morgan fingerprint density at radius 1 is 1.19 bits per heavy atom. The van der Waals surface area contributed by atoms with Gasteiger partial charge in [-0.1, -0.05) is 42.3 Å². The van der Waals surface area contributed by atoms with E-state index >= 15 is 0 Å². The van der Waals surface area contributed by atoms with E-state index < -0.39 is 0 Å². The van der Waals surface area contributed by atoms with Gasteiger partial charge in [-0.25, -0.2) is 0 Å². The van der Waals surface area contributed by atoms with E-state index in [-0.39, 0.29) is 6.04 Å². The van der Waals surface area contributed by atoms with Gasteiger partial charge in [-0.3, -0.25) is 0 Å². The van der Waals surface area contributed by atoms with Crippen molar-refractivity contribution < 1.29 is 4.74 Å². The maximum absolute atomic E-state index is 6.13. The van der Waals surface area contributed by atoms with Crippen molar-refractivity contribution in [3.05, 3.63) is 56.5 Å². The highest BCUT2D eigenvalue weighted by Gasteiger charge is 2.10. The van der Waals surface area contributed by atoms with Gasteiger partial charge in [0.05, 0.1) is 9.50 Å². The van der Waals surface area contributed by atoms with Crippen LogP contribution in [0.5, 0.6) is 11.5 Å². The number of hydrogen-bond donors (Lipinski definition) is 1. The molecule has 0 aliphatic rings. The van der Waals surface area contributed by atoms with Crippen molar-refractivity contribution >= 4 is 39.1 Å². The van der Waals surface area contributed by atoms with Crippen molar-refractivity contribution in [2.24, 2.45) is 5.73 Å². The molecule has 2 nitrogen and oxygen atoms in total. The van der Waals surface area contributed by atoms with E-state index in [9.17, 15) is 0 Å². The number of halogens is 3. The highest BCUT2D eigenvalue weighted by molar-refractivity contribution is 9.10. The maximum Gasteiger partial charge on any atom is 0.147 e. The van der Waals surface area contributed by atoms with Crippen molar-refractivity contribution in [1.29, 1.82) is 0 Å². The summed E-state index contributed by atoms with van der Waals surface area (Å²) in [6.07, 6.45) is 1.79. The molecule has 2 N–H and O–H groups in total. The molecule has 21 heavy (non-hydrogen) atoms. The molecule has 0 aromatic heterocycles. The minimum absolute atomic E-state index is 0.172. The van der Waals surface area contributed by atoms with E-state index in [1.165, 1.54) is 5.56 Å². The van der Waals surface area contributed by atoms with Crippen LogP contribution in [-0.4, -0.2) is 6.04 Å². The summed E-state index contributed by atoms with van der Waals surface area (Å²) >= 11 is 15.6. The first-order valence-corrected chi connectivity index (χ1v) is 8.22. The summed E-state index contributed by atoms with van der Waals surface area (Å²) in [4.78, 5) is 0. The molecule has 1 atom stereocenters. The third kappa shape index (κ3) is 4.36. The van der Waals surface area contributed by atoms with Gasteiger partial charge in [-0.05, 0) is 58.6 Å². The number of nitrogens with two attached hydrogens (primary N) is 1. The van der Waals surface area contributed by atoms with E-state index in [1.807, 2.05) is 18.2 Å². The summed E-state index contributed by atoms with van der Waals surface area (Å²) in [5, 5.41) is 0.874. The van der Waals surface area contributed by atoms with Crippen LogP contribution in [0.4, 0.5) is 0 Å². The Morgan fingerprint density at radius 2 is 1.95 bits per heavy atom. The molecule has 0 saturated heterocycles. The molecule has 2 aromatic rings. The average molecular weight is 389 g/mol. The quantitative estimate of drug-likeness (QED) is 0.699. The smallest absolute Gasteiger partial charge is 0.147 e. The summed E-state index contributed by atoms with van der Waals surface area (Å²) < 4.78 is 6.67. The van der Waals surface area contributed by atoms with E-state index in [4.69, 9.17) is 33.7 Å². The van der Waals surface area contributed by atoms with Crippen molar-refractivity contribution in [3.63, 3.8) is 0 Å². The molecule has 0 fully saturated rings. The zero-order chi connectivity index (χ0) is 15.4. The van der Waals surface area contributed by atoms with E-state index in [2.05, 4.69) is 22.9 Å². The second-order valence-electron chi connectivity index (χ2n) is 4.79. The lowest BCUT2D eigenvalue weighted by molar-refractivity contribution is 0.479. The Morgan fingerprint density at radius 3 is 2.62 bits per heavy atom. The second-order valence-corrected chi connectivity index (χ2v) is 6.43. The topological polar surface area (TPSA) is 35.2 Å². The zero-order valence-corrected chi connectivity index (χ0v) is 14.7. The van der Waals surface area contributed by atoms with Crippen molar-refractivity contribution in [3.8, 4) is 11.5 Å². The van der Waals surface area contributed by atoms with Crippen molar-refractivity contribution in [2.45, 2.75) is 25.8 Å². The van der Waals surface area contributed by atoms with Gasteiger partial charge in [0.1, 0.15) is 16.5 Å². The molecule has 0 bridgehead atoms. The molecule has 0 radical (unpaired) electrons. The first kappa shape index (κ1) is 16.6. The first-order valence-electron chi connectivity index (χ1n) is 6.67. The normalized spacial score (nSPS) is 12.2. The van der Waals surface area contributed by atoms with Gasteiger partial charge in [0.15, 0.2) is 0 Å². The molecule has 0 aliphatic heterocycles. The molecular formula is C16H16BrCl2NO. The summed E-state index contributed by atoms with van der Waals surface area (Å²) in [7, 11) is 0. The summed E-state index contributed by atoms with van der Waals surface area (Å²) in [6, 6.07) is 11.4. The number of ether oxygens (including phenoxy) is 1. The third-order valence-corrected chi connectivity index (χ3v) is 4.58. The Bertz CT molecular complexity index is 634. The lowest BCUT2D eigenvalue weighted by Gasteiger charge is -2.13. The van der Waals surface area contributed by atoms with Crippen LogP contribution < -0.4 is 10.5 Å². The van der Waals surface area contributed by atoms with Crippen LogP contribution in [0.15, 0.2) is 40.9 Å². The van der Waals surface area contributed by atoms with Crippen molar-refractivity contribution in [1.82, 2.24) is 0 Å². The number of hydrogen-bond acceptors (Lipinski definition) is 2. The van der Waals surface area contributed by atoms with Crippen LogP contribution in [0.2, 0.25) is 10.0 Å². The highest BCUT2D eigenvalue weighted by Crippen LogP contribution is 2.37. The summed E-state index contributed by atoms with van der Waals surface area (Å²) in [6.45, 7) is 2.08. The van der Waals surface area contributed by atoms with E-state index in [0.29, 0.717) is 21.5 Å². The lowest BCUT2D eigenvalue weighted by Crippen LogP contribution is -2.21. The molecular weight excluding hydrogens is 373 g/mol. The predicted molar refractivity (Wildman–Crippen MR) is 92.6 cm³/mol. The fraction of sp³-hybridized carbons (Fsp3) is 0.250. The third-order valence-electron chi connectivity index (χ3n) is 3.15. The predicted octanol–water partition coefficient (Wildman–Crippen LogP) is 5.83. The maximum atomic E-state index is 6.13. The summed E-state index contributed by atoms with van der Waals surface area (Å²) in [5.74, 6) is 1.22. The number of rotatable bonds is 5. The Kier molecular flexibility index (Phi) is 5.94. The lowest BCUT2D eigenvalue weighted by atomic mass is 10.0. The van der Waals surface area contributed by atoms with Gasteiger partial charge in [0, 0.05) is 6.04 Å². The van der Waals surface area contributed by atoms with Gasteiger partial charge in [-0.15, -0.1) is 0 Å². The van der Waals surface area contributed by atoms with Crippen LogP contribution in [0.1, 0.15) is 18.9 Å². The minimum atomic E-state index is 0.172. The SMILES string of the molecule is CCC(N)Cc1ccc(Oc2cccc(Cl)c2Cl)c(Br)c1. The van der Waals surface area contributed by atoms with Crippen molar-refractivity contribution in [2.75, 3.05) is 0 Å². The Balaban J connectivity index is 2.19. The average Bonchev–Trinajstić information content (AvgIpc) is 2.46. The minimum Gasteiger partial charge on any atom is -0.455 e. The monoisotopic (exact) mass is 387 g/mol. The number of benzene rings is 2. The van der Waals surface area contributed by atoms with Gasteiger partial charge in [0.25, 0.3) is 0 Å². The van der Waals surface area contributed by atoms with E-state index in [1.54, 1.807) is 18.2 Å². The molecule has 0 spiro atoms. The molecule has 5 heteroatoms. The largest absolute Gasteiger partial charge is 0.455 e. The van der Waals surface area contributed by atoms with E-state index in [0.717, 1.165) is 17.3 Å². The molecule has 2 rings (SSSR count). The molecule has 2 aromatic carbocycles. The van der Waals surface area contributed by atoms with Crippen LogP contribution in [0.25, 0.3) is 0 Å².